The topological polar surface area (TPSA) is 38.7 Å². The average molecular weight is 828 g/mol. The van der Waals surface area contributed by atoms with Crippen molar-refractivity contribution in [2.45, 2.75) is 128 Å². The van der Waals surface area contributed by atoms with Crippen molar-refractivity contribution in [2.24, 2.45) is 10.8 Å². The van der Waals surface area contributed by atoms with E-state index in [9.17, 15) is 5.11 Å². The molecule has 0 unspecified atom stereocenters. The number of alkyl halides is 1. The van der Waals surface area contributed by atoms with Gasteiger partial charge in [0.15, 0.2) is 0 Å². The summed E-state index contributed by atoms with van der Waals surface area (Å²) in [5, 5.41) is 15.4. The van der Waals surface area contributed by atoms with Gasteiger partial charge >= 0.3 is 0 Å². The van der Waals surface area contributed by atoms with Gasteiger partial charge in [-0.1, -0.05) is 193 Å². The maximum Gasteiger partial charge on any atom is 0.261 e. The summed E-state index contributed by atoms with van der Waals surface area (Å²) >= 11 is 3.80. The van der Waals surface area contributed by atoms with E-state index in [-0.39, 0.29) is 27.0 Å². The SMILES string of the molecule is CC1(CO[Si](c2ccccc2)(c2ccccc2)C(C)(C)C)CCC(Br)CC1.CC1(CO[Si](c2ccccc2)(c2ccccc2)C(C)(C)C)CCC(O)CC1. The summed E-state index contributed by atoms with van der Waals surface area (Å²) in [6.07, 6.45) is 8.69. The third kappa shape index (κ3) is 9.78. The van der Waals surface area contributed by atoms with Crippen molar-refractivity contribution >= 4 is 53.3 Å². The quantitative estimate of drug-likeness (QED) is 0.128. The minimum absolute atomic E-state index is 0.0141. The summed E-state index contributed by atoms with van der Waals surface area (Å²) in [5.41, 5.74) is 0.420. The summed E-state index contributed by atoms with van der Waals surface area (Å²) in [7, 11) is -4.87. The first-order chi connectivity index (χ1) is 25.5. The van der Waals surface area contributed by atoms with Crippen LogP contribution in [-0.2, 0) is 8.85 Å². The molecule has 2 fully saturated rings. The lowest BCUT2D eigenvalue weighted by Crippen LogP contribution is -2.67. The van der Waals surface area contributed by atoms with E-state index < -0.39 is 16.6 Å². The minimum Gasteiger partial charge on any atom is -0.407 e. The van der Waals surface area contributed by atoms with Crippen LogP contribution in [0.25, 0.3) is 0 Å². The third-order valence-electron chi connectivity index (χ3n) is 12.4. The Balaban J connectivity index is 0.000000208. The molecular formula is C48H67BrO3Si2. The van der Waals surface area contributed by atoms with Crippen LogP contribution in [0.2, 0.25) is 10.1 Å². The number of aliphatic hydroxyl groups excluding tert-OH is 1. The first-order valence-corrected chi connectivity index (χ1v) is 25.1. The Morgan fingerprint density at radius 1 is 0.519 bits per heavy atom. The van der Waals surface area contributed by atoms with Crippen LogP contribution in [0, 0.1) is 10.8 Å². The highest BCUT2D eigenvalue weighted by atomic mass is 79.9. The number of hydrogen-bond acceptors (Lipinski definition) is 3. The molecule has 0 amide bonds. The van der Waals surface area contributed by atoms with E-state index in [0.29, 0.717) is 4.83 Å². The standard InChI is InChI=1S/C24H33BrOSi.C24H34O2Si/c2*1-23(2,3)27(21-11-7-5-8-12-21,22-13-9-6-10-14-22)26-19-24(4)17-15-20(25)16-18-24/h5-14,20H,15-19H2,1-4H3;5-14,20,25H,15-19H2,1-4H3. The van der Waals surface area contributed by atoms with E-state index in [1.165, 1.54) is 46.4 Å². The van der Waals surface area contributed by atoms with Crippen molar-refractivity contribution in [3.8, 4) is 0 Å². The molecule has 0 atom stereocenters. The van der Waals surface area contributed by atoms with Crippen LogP contribution in [0.5, 0.6) is 0 Å². The summed E-state index contributed by atoms with van der Waals surface area (Å²) in [4.78, 5) is 0.679. The second-order valence-corrected chi connectivity index (χ2v) is 28.8. The number of rotatable bonds is 10. The molecule has 0 aliphatic heterocycles. The highest BCUT2D eigenvalue weighted by Gasteiger charge is 2.52. The van der Waals surface area contributed by atoms with Crippen LogP contribution >= 0.6 is 15.9 Å². The van der Waals surface area contributed by atoms with Crippen molar-refractivity contribution in [1.29, 1.82) is 0 Å². The molecule has 6 heteroatoms. The predicted molar refractivity (Wildman–Crippen MR) is 239 cm³/mol. The summed E-state index contributed by atoms with van der Waals surface area (Å²) in [6, 6.07) is 43.7. The first kappa shape index (κ1) is 42.8. The summed E-state index contributed by atoms with van der Waals surface area (Å²) in [5.74, 6) is 0. The van der Waals surface area contributed by atoms with Gasteiger partial charge < -0.3 is 14.0 Å². The molecule has 1 N–H and O–H groups in total. The van der Waals surface area contributed by atoms with Gasteiger partial charge in [-0.3, -0.25) is 0 Å². The maximum absolute atomic E-state index is 9.92. The molecule has 3 nitrogen and oxygen atoms in total. The molecule has 4 aromatic rings. The Hall–Kier alpha value is -2.33. The van der Waals surface area contributed by atoms with Crippen molar-refractivity contribution < 1.29 is 14.0 Å². The van der Waals surface area contributed by atoms with Gasteiger partial charge in [-0.05, 0) is 93.0 Å². The minimum atomic E-state index is -2.46. The molecule has 292 valence electrons. The Morgan fingerprint density at radius 2 is 0.778 bits per heavy atom. The lowest BCUT2D eigenvalue weighted by atomic mass is 9.75. The molecule has 0 bridgehead atoms. The van der Waals surface area contributed by atoms with Gasteiger partial charge in [0.05, 0.1) is 6.10 Å². The molecule has 0 radical (unpaired) electrons. The zero-order valence-electron chi connectivity index (χ0n) is 34.4. The Kier molecular flexibility index (Phi) is 14.2. The van der Waals surface area contributed by atoms with Gasteiger partial charge in [0.1, 0.15) is 0 Å². The van der Waals surface area contributed by atoms with Crippen molar-refractivity contribution in [2.75, 3.05) is 13.2 Å². The number of halogens is 1. The summed E-state index contributed by atoms with van der Waals surface area (Å²) < 4.78 is 14.3. The molecule has 6 rings (SSSR count). The third-order valence-corrected chi connectivity index (χ3v) is 23.3. The molecule has 0 saturated heterocycles. The van der Waals surface area contributed by atoms with Gasteiger partial charge in [0.2, 0.25) is 0 Å². The highest BCUT2D eigenvalue weighted by molar-refractivity contribution is 9.09. The first-order valence-electron chi connectivity index (χ1n) is 20.4. The number of aliphatic hydroxyl groups is 1. The number of benzene rings is 4. The predicted octanol–water partition coefficient (Wildman–Crippen LogP) is 10.4. The van der Waals surface area contributed by atoms with Crippen molar-refractivity contribution in [3.05, 3.63) is 121 Å². The average Bonchev–Trinajstić information content (AvgIpc) is 3.16. The lowest BCUT2D eigenvalue weighted by molar-refractivity contribution is 0.0401. The zero-order valence-corrected chi connectivity index (χ0v) is 38.0. The zero-order chi connectivity index (χ0) is 39.1. The van der Waals surface area contributed by atoms with Crippen molar-refractivity contribution in [1.82, 2.24) is 0 Å². The lowest BCUT2D eigenvalue weighted by Gasteiger charge is -2.46. The van der Waals surface area contributed by atoms with Gasteiger partial charge in [0, 0.05) is 18.0 Å². The van der Waals surface area contributed by atoms with Crippen LogP contribution < -0.4 is 20.7 Å². The largest absolute Gasteiger partial charge is 0.407 e. The van der Waals surface area contributed by atoms with Gasteiger partial charge in [0.25, 0.3) is 16.6 Å². The summed E-state index contributed by atoms with van der Waals surface area (Å²) in [6.45, 7) is 20.4. The van der Waals surface area contributed by atoms with E-state index in [0.717, 1.165) is 38.9 Å². The van der Waals surface area contributed by atoms with E-state index >= 15 is 0 Å². The Bertz CT molecular complexity index is 1480. The number of hydrogen-bond donors (Lipinski definition) is 1. The molecule has 2 aliphatic carbocycles. The second-order valence-electron chi connectivity index (χ2n) is 18.9. The molecule has 0 aromatic heterocycles. The van der Waals surface area contributed by atoms with E-state index in [1.807, 2.05) is 0 Å². The fourth-order valence-electron chi connectivity index (χ4n) is 8.96. The van der Waals surface area contributed by atoms with E-state index in [1.54, 1.807) is 0 Å². The normalized spacial score (nSPS) is 24.0. The van der Waals surface area contributed by atoms with Crippen LogP contribution in [0.1, 0.15) is 107 Å². The molecule has 54 heavy (non-hydrogen) atoms. The molecule has 2 aliphatic rings. The van der Waals surface area contributed by atoms with Crippen LogP contribution in [0.4, 0.5) is 0 Å². The maximum atomic E-state index is 9.92. The monoisotopic (exact) mass is 826 g/mol. The van der Waals surface area contributed by atoms with Crippen LogP contribution in [0.15, 0.2) is 121 Å². The van der Waals surface area contributed by atoms with Crippen LogP contribution in [0.3, 0.4) is 0 Å². The fraction of sp³-hybridized carbons (Fsp3) is 0.500. The second kappa shape index (κ2) is 17.9. The van der Waals surface area contributed by atoms with E-state index in [4.69, 9.17) is 8.85 Å². The molecule has 4 aromatic carbocycles. The molecular weight excluding hydrogens is 761 g/mol. The van der Waals surface area contributed by atoms with Crippen LogP contribution in [-0.4, -0.2) is 45.9 Å². The fourth-order valence-corrected chi connectivity index (χ4v) is 18.9. The Morgan fingerprint density at radius 3 is 1.04 bits per heavy atom. The van der Waals surface area contributed by atoms with Gasteiger partial charge in [-0.2, -0.15) is 0 Å². The highest BCUT2D eigenvalue weighted by Crippen LogP contribution is 2.43. The van der Waals surface area contributed by atoms with Gasteiger partial charge in [-0.15, -0.1) is 0 Å². The van der Waals surface area contributed by atoms with E-state index in [2.05, 4.69) is 193 Å². The molecule has 2 saturated carbocycles. The Labute approximate surface area is 338 Å². The van der Waals surface area contributed by atoms with Crippen molar-refractivity contribution in [3.63, 3.8) is 0 Å². The molecule has 0 heterocycles. The molecule has 0 spiro atoms. The smallest absolute Gasteiger partial charge is 0.261 e. The van der Waals surface area contributed by atoms with Gasteiger partial charge in [-0.25, -0.2) is 0 Å².